The van der Waals surface area contributed by atoms with Gasteiger partial charge in [0.2, 0.25) is 0 Å². The molecule has 0 aliphatic heterocycles. The second kappa shape index (κ2) is 5.33. The number of carboxylic acid groups (broad SMARTS) is 1. The summed E-state index contributed by atoms with van der Waals surface area (Å²) in [5, 5.41) is 12.6. The van der Waals surface area contributed by atoms with Crippen LogP contribution in [0, 0.1) is 12.3 Å². The van der Waals surface area contributed by atoms with Crippen LogP contribution in [0.2, 0.25) is 0 Å². The van der Waals surface area contributed by atoms with E-state index in [1.165, 1.54) is 0 Å². The Morgan fingerprint density at radius 2 is 2.17 bits per heavy atom. The van der Waals surface area contributed by atoms with Gasteiger partial charge >= 0.3 is 5.97 Å². The number of aliphatic carboxylic acids is 1. The summed E-state index contributed by atoms with van der Waals surface area (Å²) < 4.78 is 0. The zero-order chi connectivity index (χ0) is 13.0. The number of nitrogens with zero attached hydrogens (tertiary/aromatic N) is 2. The van der Waals surface area contributed by atoms with Crippen LogP contribution >= 0.6 is 0 Å². The monoisotopic (exact) mass is 249 g/mol. The van der Waals surface area contributed by atoms with Crippen LogP contribution in [0.25, 0.3) is 0 Å². The van der Waals surface area contributed by atoms with Gasteiger partial charge in [0.1, 0.15) is 11.6 Å². The van der Waals surface area contributed by atoms with Crippen LogP contribution in [0.5, 0.6) is 0 Å². The van der Waals surface area contributed by atoms with Gasteiger partial charge in [0.05, 0.1) is 5.41 Å². The second-order valence-corrected chi connectivity index (χ2v) is 4.99. The van der Waals surface area contributed by atoms with Gasteiger partial charge in [-0.1, -0.05) is 19.3 Å². The smallest absolute Gasteiger partial charge is 0.311 e. The summed E-state index contributed by atoms with van der Waals surface area (Å²) in [6, 6.07) is 1.77. The van der Waals surface area contributed by atoms with Crippen molar-refractivity contribution in [2.24, 2.45) is 5.41 Å². The molecule has 18 heavy (non-hydrogen) atoms. The van der Waals surface area contributed by atoms with Gasteiger partial charge < -0.3 is 10.4 Å². The highest BCUT2D eigenvalue weighted by Crippen LogP contribution is 2.36. The van der Waals surface area contributed by atoms with E-state index >= 15 is 0 Å². The van der Waals surface area contributed by atoms with E-state index in [4.69, 9.17) is 0 Å². The molecule has 1 aliphatic rings. The quantitative estimate of drug-likeness (QED) is 0.855. The third-order valence-corrected chi connectivity index (χ3v) is 3.65. The number of carboxylic acids is 1. The Kier molecular flexibility index (Phi) is 3.79. The molecule has 0 atom stereocenters. The van der Waals surface area contributed by atoms with E-state index in [-0.39, 0.29) is 0 Å². The number of aryl methyl sites for hydroxylation is 1. The van der Waals surface area contributed by atoms with Crippen molar-refractivity contribution >= 4 is 11.8 Å². The van der Waals surface area contributed by atoms with Gasteiger partial charge in [-0.25, -0.2) is 9.97 Å². The van der Waals surface area contributed by atoms with Crippen molar-refractivity contribution in [1.82, 2.24) is 9.97 Å². The zero-order valence-electron chi connectivity index (χ0n) is 10.6. The molecule has 0 saturated heterocycles. The number of anilines is 1. The molecule has 0 spiro atoms. The number of aromatic nitrogens is 2. The molecule has 1 fully saturated rings. The normalized spacial score (nSPS) is 18.3. The number of hydrogen-bond donors (Lipinski definition) is 2. The van der Waals surface area contributed by atoms with E-state index in [1.807, 2.05) is 6.92 Å². The minimum Gasteiger partial charge on any atom is -0.481 e. The molecule has 0 bridgehead atoms. The maximum atomic E-state index is 11.5. The fourth-order valence-corrected chi connectivity index (χ4v) is 2.51. The highest BCUT2D eigenvalue weighted by atomic mass is 16.4. The average molecular weight is 249 g/mol. The largest absolute Gasteiger partial charge is 0.481 e. The van der Waals surface area contributed by atoms with Gasteiger partial charge in [-0.05, 0) is 25.8 Å². The van der Waals surface area contributed by atoms with Crippen molar-refractivity contribution in [3.63, 3.8) is 0 Å². The van der Waals surface area contributed by atoms with E-state index < -0.39 is 11.4 Å². The summed E-state index contributed by atoms with van der Waals surface area (Å²) in [5.41, 5.74) is -0.628. The third-order valence-electron chi connectivity index (χ3n) is 3.65. The Balaban J connectivity index is 2.04. The zero-order valence-corrected chi connectivity index (χ0v) is 10.6. The average Bonchev–Trinajstić information content (AvgIpc) is 2.37. The lowest BCUT2D eigenvalue weighted by Gasteiger charge is -2.33. The summed E-state index contributed by atoms with van der Waals surface area (Å²) in [6.07, 6.45) is 6.31. The van der Waals surface area contributed by atoms with Crippen molar-refractivity contribution in [2.45, 2.75) is 39.0 Å². The van der Waals surface area contributed by atoms with Gasteiger partial charge in [-0.2, -0.15) is 0 Å². The first-order chi connectivity index (χ1) is 8.62. The van der Waals surface area contributed by atoms with Crippen LogP contribution in [-0.2, 0) is 4.79 Å². The third kappa shape index (κ3) is 2.78. The first-order valence-corrected chi connectivity index (χ1v) is 6.39. The topological polar surface area (TPSA) is 75.1 Å². The summed E-state index contributed by atoms with van der Waals surface area (Å²) in [7, 11) is 0. The SMILES string of the molecule is Cc1nccc(NCC2(C(=O)O)CCCCC2)n1. The molecule has 2 rings (SSSR count). The first kappa shape index (κ1) is 12.8. The predicted octanol–water partition coefficient (Wildman–Crippen LogP) is 2.23. The van der Waals surface area contributed by atoms with Crippen molar-refractivity contribution in [2.75, 3.05) is 11.9 Å². The molecule has 0 aromatic carbocycles. The molecule has 1 aliphatic carbocycles. The predicted molar refractivity (Wildman–Crippen MR) is 68.4 cm³/mol. The lowest BCUT2D eigenvalue weighted by atomic mass is 9.74. The fraction of sp³-hybridized carbons (Fsp3) is 0.615. The number of rotatable bonds is 4. The van der Waals surface area contributed by atoms with Gasteiger partial charge in [-0.3, -0.25) is 4.79 Å². The molecular weight excluding hydrogens is 230 g/mol. The Hall–Kier alpha value is -1.65. The summed E-state index contributed by atoms with van der Waals surface area (Å²) in [4.78, 5) is 19.7. The summed E-state index contributed by atoms with van der Waals surface area (Å²) in [5.74, 6) is 0.696. The number of carbonyl (C=O) groups is 1. The summed E-state index contributed by atoms with van der Waals surface area (Å²) >= 11 is 0. The fourth-order valence-electron chi connectivity index (χ4n) is 2.51. The van der Waals surface area contributed by atoms with Crippen LogP contribution in [0.1, 0.15) is 37.9 Å². The van der Waals surface area contributed by atoms with Crippen LogP contribution < -0.4 is 5.32 Å². The Morgan fingerprint density at radius 1 is 1.44 bits per heavy atom. The summed E-state index contributed by atoms with van der Waals surface area (Å²) in [6.45, 7) is 2.26. The van der Waals surface area contributed by atoms with E-state index in [0.717, 1.165) is 32.1 Å². The Bertz CT molecular complexity index is 428. The highest BCUT2D eigenvalue weighted by Gasteiger charge is 2.39. The molecule has 1 aromatic heterocycles. The van der Waals surface area contributed by atoms with Crippen molar-refractivity contribution in [3.05, 3.63) is 18.1 Å². The molecule has 5 heteroatoms. The standard InChI is InChI=1S/C13H19N3O2/c1-10-14-8-5-11(16-10)15-9-13(12(17)18)6-3-2-4-7-13/h5,8H,2-4,6-7,9H2,1H3,(H,17,18)(H,14,15,16). The van der Waals surface area contributed by atoms with Gasteiger partial charge in [0, 0.05) is 12.7 Å². The lowest BCUT2D eigenvalue weighted by Crippen LogP contribution is -2.39. The van der Waals surface area contributed by atoms with E-state index in [0.29, 0.717) is 18.2 Å². The molecule has 1 saturated carbocycles. The first-order valence-electron chi connectivity index (χ1n) is 6.39. The molecule has 1 heterocycles. The molecule has 2 N–H and O–H groups in total. The number of nitrogens with one attached hydrogen (secondary N) is 1. The maximum Gasteiger partial charge on any atom is 0.311 e. The number of hydrogen-bond acceptors (Lipinski definition) is 4. The molecule has 98 valence electrons. The lowest BCUT2D eigenvalue weighted by molar-refractivity contribution is -0.150. The van der Waals surface area contributed by atoms with Gasteiger partial charge in [-0.15, -0.1) is 0 Å². The minimum absolute atomic E-state index is 0.443. The van der Waals surface area contributed by atoms with Crippen LogP contribution in [0.3, 0.4) is 0 Å². The molecule has 0 radical (unpaired) electrons. The van der Waals surface area contributed by atoms with Crippen LogP contribution in [0.15, 0.2) is 12.3 Å². The Labute approximate surface area is 107 Å². The van der Waals surface area contributed by atoms with E-state index in [2.05, 4.69) is 15.3 Å². The van der Waals surface area contributed by atoms with E-state index in [9.17, 15) is 9.90 Å². The van der Waals surface area contributed by atoms with Gasteiger partial charge in [0.15, 0.2) is 0 Å². The van der Waals surface area contributed by atoms with Gasteiger partial charge in [0.25, 0.3) is 0 Å². The van der Waals surface area contributed by atoms with Crippen molar-refractivity contribution < 1.29 is 9.90 Å². The van der Waals surface area contributed by atoms with Crippen LogP contribution in [-0.4, -0.2) is 27.6 Å². The molecule has 1 aromatic rings. The highest BCUT2D eigenvalue weighted by molar-refractivity contribution is 5.75. The molecule has 0 unspecified atom stereocenters. The Morgan fingerprint density at radius 3 is 2.78 bits per heavy atom. The minimum atomic E-state index is -0.694. The van der Waals surface area contributed by atoms with E-state index in [1.54, 1.807) is 12.3 Å². The van der Waals surface area contributed by atoms with Crippen LogP contribution in [0.4, 0.5) is 5.82 Å². The van der Waals surface area contributed by atoms with Crippen molar-refractivity contribution in [1.29, 1.82) is 0 Å². The molecule has 5 nitrogen and oxygen atoms in total. The van der Waals surface area contributed by atoms with Crippen molar-refractivity contribution in [3.8, 4) is 0 Å². The molecule has 0 amide bonds. The molecular formula is C13H19N3O2. The second-order valence-electron chi connectivity index (χ2n) is 4.99. The maximum absolute atomic E-state index is 11.5.